The van der Waals surface area contributed by atoms with E-state index in [-0.39, 0.29) is 0 Å². The molecule has 2 rings (SSSR count). The minimum atomic E-state index is 0.523. The second kappa shape index (κ2) is 5.89. The van der Waals surface area contributed by atoms with Crippen molar-refractivity contribution in [3.63, 3.8) is 0 Å². The topological polar surface area (TPSA) is 41.0 Å². The summed E-state index contributed by atoms with van der Waals surface area (Å²) in [4.78, 5) is 10.9. The van der Waals surface area contributed by atoms with E-state index >= 15 is 0 Å². The average molecular weight is 273 g/mol. The van der Waals surface area contributed by atoms with E-state index < -0.39 is 0 Å². The van der Waals surface area contributed by atoms with Gasteiger partial charge in [0.1, 0.15) is 11.0 Å². The summed E-state index contributed by atoms with van der Waals surface area (Å²) in [5, 5.41) is 4.58. The van der Waals surface area contributed by atoms with E-state index in [2.05, 4.69) is 20.2 Å². The third kappa shape index (κ3) is 3.24. The fourth-order valence-corrected chi connectivity index (χ4v) is 2.64. The van der Waals surface area contributed by atoms with Crippen molar-refractivity contribution in [2.24, 2.45) is 0 Å². The van der Waals surface area contributed by atoms with Crippen molar-refractivity contribution in [3.05, 3.63) is 11.2 Å². The van der Waals surface area contributed by atoms with Gasteiger partial charge in [0.25, 0.3) is 0 Å². The third-order valence-electron chi connectivity index (χ3n) is 3.07. The first-order chi connectivity index (χ1) is 8.22. The first kappa shape index (κ1) is 12.9. The Morgan fingerprint density at radius 1 is 1.41 bits per heavy atom. The van der Waals surface area contributed by atoms with E-state index in [9.17, 15) is 0 Å². The van der Waals surface area contributed by atoms with Crippen molar-refractivity contribution in [2.45, 2.75) is 24.0 Å². The van der Waals surface area contributed by atoms with Gasteiger partial charge in [0, 0.05) is 25.2 Å². The van der Waals surface area contributed by atoms with Crippen LogP contribution in [0, 0.1) is 0 Å². The molecule has 1 saturated heterocycles. The van der Waals surface area contributed by atoms with Crippen molar-refractivity contribution in [3.8, 4) is 0 Å². The Hall–Kier alpha value is -0.520. The van der Waals surface area contributed by atoms with Crippen molar-refractivity contribution in [1.29, 1.82) is 0 Å². The summed E-state index contributed by atoms with van der Waals surface area (Å²) in [6.45, 7) is 2.04. The lowest BCUT2D eigenvalue weighted by atomic mass is 10.1. The fourth-order valence-electron chi connectivity index (χ4n) is 2.04. The summed E-state index contributed by atoms with van der Waals surface area (Å²) in [5.74, 6) is 0.948. The van der Waals surface area contributed by atoms with Crippen LogP contribution in [-0.2, 0) is 0 Å². The Morgan fingerprint density at radius 3 is 2.71 bits per heavy atom. The molecule has 0 spiro atoms. The maximum atomic E-state index is 6.00. The highest BCUT2D eigenvalue weighted by Crippen LogP contribution is 2.23. The summed E-state index contributed by atoms with van der Waals surface area (Å²) in [7, 11) is 2.02. The third-order valence-corrected chi connectivity index (χ3v) is 3.81. The van der Waals surface area contributed by atoms with Crippen molar-refractivity contribution in [2.75, 3.05) is 31.3 Å². The molecule has 6 heteroatoms. The normalized spacial score (nSPS) is 17.5. The second-order valence-corrected chi connectivity index (χ2v) is 5.25. The first-order valence-corrected chi connectivity index (χ1v) is 7.34. The zero-order valence-electron chi connectivity index (χ0n) is 10.1. The molecule has 0 saturated carbocycles. The Balaban J connectivity index is 2.10. The largest absolute Gasteiger partial charge is 0.356 e. The van der Waals surface area contributed by atoms with E-state index in [1.165, 1.54) is 11.8 Å². The molecular formula is C11H17ClN4S. The first-order valence-electron chi connectivity index (χ1n) is 5.73. The molecule has 0 unspecified atom stereocenters. The van der Waals surface area contributed by atoms with Gasteiger partial charge in [0.05, 0.1) is 0 Å². The molecule has 0 bridgehead atoms. The standard InChI is InChI=1S/C11H17ClN4S/c1-13-8-3-5-16(6-4-8)10-7-9(12)14-11(15-10)17-2/h7-8,13H,3-6H2,1-2H3. The van der Waals surface area contributed by atoms with Gasteiger partial charge in [-0.3, -0.25) is 0 Å². The number of thioether (sulfide) groups is 1. The molecule has 0 amide bonds. The van der Waals surface area contributed by atoms with Crippen LogP contribution in [0.2, 0.25) is 5.15 Å². The maximum Gasteiger partial charge on any atom is 0.190 e. The number of hydrogen-bond donors (Lipinski definition) is 1. The maximum absolute atomic E-state index is 6.00. The van der Waals surface area contributed by atoms with Crippen molar-refractivity contribution >= 4 is 29.2 Å². The van der Waals surface area contributed by atoms with Gasteiger partial charge in [-0.05, 0) is 26.1 Å². The monoisotopic (exact) mass is 272 g/mol. The molecule has 94 valence electrons. The zero-order chi connectivity index (χ0) is 12.3. The van der Waals surface area contributed by atoms with Crippen molar-refractivity contribution in [1.82, 2.24) is 15.3 Å². The predicted molar refractivity (Wildman–Crippen MR) is 73.1 cm³/mol. The Kier molecular flexibility index (Phi) is 4.48. The molecule has 0 aromatic carbocycles. The number of aromatic nitrogens is 2. The molecule has 1 fully saturated rings. The predicted octanol–water partition coefficient (Wildman–Crippen LogP) is 2.04. The molecule has 1 aromatic rings. The molecule has 1 aliphatic rings. The molecule has 4 nitrogen and oxygen atoms in total. The number of hydrogen-bond acceptors (Lipinski definition) is 5. The molecule has 2 heterocycles. The van der Waals surface area contributed by atoms with Gasteiger partial charge < -0.3 is 10.2 Å². The lowest BCUT2D eigenvalue weighted by molar-refractivity contribution is 0.440. The van der Waals surface area contributed by atoms with Crippen LogP contribution in [0.3, 0.4) is 0 Å². The van der Waals surface area contributed by atoms with Gasteiger partial charge in [-0.25, -0.2) is 9.97 Å². The van der Waals surface area contributed by atoms with Crippen molar-refractivity contribution < 1.29 is 0 Å². The highest BCUT2D eigenvalue weighted by atomic mass is 35.5. The lowest BCUT2D eigenvalue weighted by Crippen LogP contribution is -2.41. The fraction of sp³-hybridized carbons (Fsp3) is 0.636. The molecule has 17 heavy (non-hydrogen) atoms. The summed E-state index contributed by atoms with van der Waals surface area (Å²) in [6.07, 6.45) is 4.25. The smallest absolute Gasteiger partial charge is 0.190 e. The number of rotatable bonds is 3. The SMILES string of the molecule is CNC1CCN(c2cc(Cl)nc(SC)n2)CC1. The van der Waals surface area contributed by atoms with Gasteiger partial charge in [-0.15, -0.1) is 0 Å². The highest BCUT2D eigenvalue weighted by Gasteiger charge is 2.19. The van der Waals surface area contributed by atoms with E-state index in [0.717, 1.165) is 36.9 Å². The van der Waals surface area contributed by atoms with Gasteiger partial charge in [0.2, 0.25) is 0 Å². The summed E-state index contributed by atoms with van der Waals surface area (Å²) >= 11 is 7.52. The number of anilines is 1. The van der Waals surface area contributed by atoms with E-state index in [4.69, 9.17) is 11.6 Å². The van der Waals surface area contributed by atoms with E-state index in [1.807, 2.05) is 19.4 Å². The van der Waals surface area contributed by atoms with Gasteiger partial charge in [-0.1, -0.05) is 23.4 Å². The van der Waals surface area contributed by atoms with Gasteiger partial charge in [-0.2, -0.15) is 0 Å². The van der Waals surface area contributed by atoms with Crippen LogP contribution in [0.4, 0.5) is 5.82 Å². The number of nitrogens with zero attached hydrogens (tertiary/aromatic N) is 3. The Bertz CT molecular complexity index is 380. The van der Waals surface area contributed by atoms with E-state index in [1.54, 1.807) is 0 Å². The van der Waals surface area contributed by atoms with E-state index in [0.29, 0.717) is 11.2 Å². The second-order valence-electron chi connectivity index (χ2n) is 4.09. The molecule has 0 aliphatic carbocycles. The Morgan fingerprint density at radius 2 is 2.12 bits per heavy atom. The van der Waals surface area contributed by atoms with Crippen LogP contribution in [0.1, 0.15) is 12.8 Å². The molecule has 1 aliphatic heterocycles. The van der Waals surface area contributed by atoms with Gasteiger partial charge >= 0.3 is 0 Å². The van der Waals surface area contributed by atoms with Crippen LogP contribution >= 0.6 is 23.4 Å². The van der Waals surface area contributed by atoms with Crippen LogP contribution in [-0.4, -0.2) is 42.4 Å². The van der Waals surface area contributed by atoms with Crippen LogP contribution < -0.4 is 10.2 Å². The number of halogens is 1. The molecule has 0 radical (unpaired) electrons. The van der Waals surface area contributed by atoms with Crippen LogP contribution in [0.15, 0.2) is 11.2 Å². The van der Waals surface area contributed by atoms with Crippen LogP contribution in [0.25, 0.3) is 0 Å². The molecule has 1 aromatic heterocycles. The zero-order valence-corrected chi connectivity index (χ0v) is 11.7. The minimum Gasteiger partial charge on any atom is -0.356 e. The molecule has 1 N–H and O–H groups in total. The number of piperidine rings is 1. The number of nitrogens with one attached hydrogen (secondary N) is 1. The van der Waals surface area contributed by atoms with Gasteiger partial charge in [0.15, 0.2) is 5.16 Å². The minimum absolute atomic E-state index is 0.523. The summed E-state index contributed by atoms with van der Waals surface area (Å²) in [5.41, 5.74) is 0. The quantitative estimate of drug-likeness (QED) is 0.518. The Labute approximate surface area is 111 Å². The van der Waals surface area contributed by atoms with Crippen LogP contribution in [0.5, 0.6) is 0 Å². The lowest BCUT2D eigenvalue weighted by Gasteiger charge is -2.32. The summed E-state index contributed by atoms with van der Waals surface area (Å²) < 4.78 is 0. The molecule has 0 atom stereocenters. The highest BCUT2D eigenvalue weighted by molar-refractivity contribution is 7.98. The molecular weight excluding hydrogens is 256 g/mol. The summed E-state index contributed by atoms with van der Waals surface area (Å²) in [6, 6.07) is 2.48. The average Bonchev–Trinajstić information content (AvgIpc) is 2.38.